The van der Waals surface area contributed by atoms with E-state index in [0.29, 0.717) is 41.0 Å². The second-order valence-electron chi connectivity index (χ2n) is 6.26. The van der Waals surface area contributed by atoms with Crippen molar-refractivity contribution in [3.05, 3.63) is 53.1 Å². The lowest BCUT2D eigenvalue weighted by Gasteiger charge is -2.19. The monoisotopic (exact) mass is 401 g/mol. The fraction of sp³-hybridized carbons (Fsp3) is 0.211. The number of hydrogen-bond acceptors (Lipinski definition) is 6. The molecule has 28 heavy (non-hydrogen) atoms. The van der Waals surface area contributed by atoms with Gasteiger partial charge in [0.25, 0.3) is 11.8 Å². The van der Waals surface area contributed by atoms with Gasteiger partial charge in [-0.1, -0.05) is 11.6 Å². The van der Waals surface area contributed by atoms with Gasteiger partial charge in [0.05, 0.1) is 12.1 Å². The molecule has 144 valence electrons. The zero-order valence-electron chi connectivity index (χ0n) is 14.6. The molecule has 2 aliphatic rings. The molecule has 2 aromatic carbocycles. The predicted molar refractivity (Wildman–Crippen MR) is 100 cm³/mol. The van der Waals surface area contributed by atoms with E-state index >= 15 is 0 Å². The molecule has 1 unspecified atom stereocenters. The molecule has 0 bridgehead atoms. The molecule has 2 aromatic rings. The van der Waals surface area contributed by atoms with E-state index in [0.717, 1.165) is 4.90 Å². The smallest absolute Gasteiger partial charge is 0.265 e. The second kappa shape index (κ2) is 7.49. The van der Waals surface area contributed by atoms with Crippen LogP contribution in [0.5, 0.6) is 11.5 Å². The number of benzene rings is 2. The van der Waals surface area contributed by atoms with Crippen molar-refractivity contribution in [3.8, 4) is 11.5 Å². The van der Waals surface area contributed by atoms with Crippen LogP contribution in [0.1, 0.15) is 16.8 Å². The number of nitrogens with one attached hydrogen (secondary N) is 2. The largest absolute Gasteiger partial charge is 0.486 e. The molecule has 2 N–H and O–H groups in total. The number of amides is 3. The highest BCUT2D eigenvalue weighted by Gasteiger charge is 2.39. The number of nitrogens with zero attached hydrogens (tertiary/aromatic N) is 1. The molecular weight excluding hydrogens is 386 g/mol. The average Bonchev–Trinajstić information content (AvgIpc) is 3.00. The van der Waals surface area contributed by atoms with E-state index in [9.17, 15) is 14.4 Å². The molecule has 3 amide bonds. The van der Waals surface area contributed by atoms with Crippen LogP contribution in [0.3, 0.4) is 0 Å². The Balaban J connectivity index is 1.41. The Hall–Kier alpha value is -3.10. The summed E-state index contributed by atoms with van der Waals surface area (Å²) >= 11 is 5.84. The molecule has 0 spiro atoms. The number of carbonyl (C=O) groups excluding carboxylic acids is 3. The molecule has 1 fully saturated rings. The highest BCUT2D eigenvalue weighted by molar-refractivity contribution is 6.30. The van der Waals surface area contributed by atoms with Crippen LogP contribution in [0.15, 0.2) is 42.5 Å². The summed E-state index contributed by atoms with van der Waals surface area (Å²) in [6, 6.07) is 10.3. The minimum absolute atomic E-state index is 0.0666. The molecule has 4 rings (SSSR count). The van der Waals surface area contributed by atoms with Gasteiger partial charge in [-0.25, -0.2) is 10.3 Å². The third kappa shape index (κ3) is 3.51. The van der Waals surface area contributed by atoms with E-state index in [4.69, 9.17) is 21.1 Å². The van der Waals surface area contributed by atoms with Crippen LogP contribution in [-0.4, -0.2) is 37.0 Å². The second-order valence-corrected chi connectivity index (χ2v) is 6.69. The van der Waals surface area contributed by atoms with Gasteiger partial charge in [-0.05, 0) is 42.5 Å². The number of hydrazine groups is 1. The molecular formula is C19H16ClN3O5. The van der Waals surface area contributed by atoms with E-state index in [-0.39, 0.29) is 12.3 Å². The van der Waals surface area contributed by atoms with Gasteiger partial charge in [0.1, 0.15) is 19.3 Å². The van der Waals surface area contributed by atoms with Crippen LogP contribution >= 0.6 is 11.6 Å². The molecule has 0 radical (unpaired) electrons. The highest BCUT2D eigenvalue weighted by atomic mass is 35.5. The number of halogens is 1. The van der Waals surface area contributed by atoms with Crippen molar-refractivity contribution < 1.29 is 23.9 Å². The lowest BCUT2D eigenvalue weighted by Crippen LogP contribution is -2.48. The Kier molecular flexibility index (Phi) is 4.89. The van der Waals surface area contributed by atoms with Gasteiger partial charge in [0.15, 0.2) is 11.5 Å². The van der Waals surface area contributed by atoms with E-state index in [1.807, 2.05) is 0 Å². The summed E-state index contributed by atoms with van der Waals surface area (Å²) in [7, 11) is 0. The zero-order valence-corrected chi connectivity index (χ0v) is 15.4. The Morgan fingerprint density at radius 1 is 1.04 bits per heavy atom. The fourth-order valence-electron chi connectivity index (χ4n) is 3.02. The number of anilines is 1. The molecule has 1 atom stereocenters. The topological polar surface area (TPSA) is 97.0 Å². The van der Waals surface area contributed by atoms with Crippen molar-refractivity contribution in [1.29, 1.82) is 0 Å². The van der Waals surface area contributed by atoms with E-state index in [1.165, 1.54) is 0 Å². The first-order chi connectivity index (χ1) is 13.5. The summed E-state index contributed by atoms with van der Waals surface area (Å²) in [5.74, 6) is -0.207. The molecule has 2 heterocycles. The Morgan fingerprint density at radius 3 is 2.50 bits per heavy atom. The van der Waals surface area contributed by atoms with Crippen LogP contribution < -0.4 is 25.2 Å². The summed E-state index contributed by atoms with van der Waals surface area (Å²) in [5, 5.41) is 0.504. The van der Waals surface area contributed by atoms with Gasteiger partial charge >= 0.3 is 0 Å². The van der Waals surface area contributed by atoms with Crippen molar-refractivity contribution in [1.82, 2.24) is 10.9 Å². The maximum atomic E-state index is 12.6. The molecule has 0 aromatic heterocycles. The number of ether oxygens (including phenoxy) is 2. The first-order valence-electron chi connectivity index (χ1n) is 8.61. The number of fused-ring (bicyclic) bond motifs is 1. The zero-order chi connectivity index (χ0) is 19.7. The number of carbonyl (C=O) groups is 3. The quantitative estimate of drug-likeness (QED) is 0.597. The number of imide groups is 1. The summed E-state index contributed by atoms with van der Waals surface area (Å²) in [6.45, 7) is 0.873. The molecule has 9 heteroatoms. The lowest BCUT2D eigenvalue weighted by molar-refractivity contribution is -0.121. The van der Waals surface area contributed by atoms with Crippen molar-refractivity contribution in [2.75, 3.05) is 18.1 Å². The molecule has 8 nitrogen and oxygen atoms in total. The van der Waals surface area contributed by atoms with Gasteiger partial charge in [0.2, 0.25) is 5.91 Å². The van der Waals surface area contributed by atoms with Crippen LogP contribution in [0.25, 0.3) is 0 Å². The van der Waals surface area contributed by atoms with Gasteiger partial charge in [-0.3, -0.25) is 19.8 Å². The Bertz CT molecular complexity index is 947. The number of hydrogen-bond donors (Lipinski definition) is 2. The maximum absolute atomic E-state index is 12.6. The van der Waals surface area contributed by atoms with Crippen LogP contribution in [-0.2, 0) is 9.59 Å². The van der Waals surface area contributed by atoms with Crippen molar-refractivity contribution in [2.45, 2.75) is 12.5 Å². The van der Waals surface area contributed by atoms with Gasteiger partial charge in [-0.2, -0.15) is 0 Å². The van der Waals surface area contributed by atoms with Crippen LogP contribution in [0, 0.1) is 0 Å². The average molecular weight is 402 g/mol. The molecule has 0 saturated carbocycles. The van der Waals surface area contributed by atoms with Crippen molar-refractivity contribution in [2.24, 2.45) is 0 Å². The van der Waals surface area contributed by atoms with Crippen molar-refractivity contribution >= 4 is 35.0 Å². The van der Waals surface area contributed by atoms with Gasteiger partial charge in [-0.15, -0.1) is 0 Å². The molecule has 0 aliphatic carbocycles. The first-order valence-corrected chi connectivity index (χ1v) is 8.98. The fourth-order valence-corrected chi connectivity index (χ4v) is 3.14. The summed E-state index contributed by atoms with van der Waals surface area (Å²) < 4.78 is 10.9. The Morgan fingerprint density at radius 2 is 1.75 bits per heavy atom. The Labute approximate surface area is 165 Å². The predicted octanol–water partition coefficient (Wildman–Crippen LogP) is 1.68. The summed E-state index contributed by atoms with van der Waals surface area (Å²) in [6.07, 6.45) is -0.0666. The summed E-state index contributed by atoms with van der Waals surface area (Å²) in [5.41, 5.74) is 5.88. The SMILES string of the molecule is O=C(NNC1CC(=O)N(c2ccc(Cl)cc2)C1=O)c1ccc2c(c1)OCCO2. The molecule has 1 saturated heterocycles. The summed E-state index contributed by atoms with van der Waals surface area (Å²) in [4.78, 5) is 38.3. The minimum atomic E-state index is -0.857. The van der Waals surface area contributed by atoms with Crippen molar-refractivity contribution in [3.63, 3.8) is 0 Å². The molecule has 2 aliphatic heterocycles. The minimum Gasteiger partial charge on any atom is -0.486 e. The van der Waals surface area contributed by atoms with Gasteiger partial charge in [0, 0.05) is 10.6 Å². The third-order valence-corrected chi connectivity index (χ3v) is 4.65. The van der Waals surface area contributed by atoms with Crippen LogP contribution in [0.4, 0.5) is 5.69 Å². The van der Waals surface area contributed by atoms with Crippen LogP contribution in [0.2, 0.25) is 5.02 Å². The van der Waals surface area contributed by atoms with E-state index in [1.54, 1.807) is 42.5 Å². The highest BCUT2D eigenvalue weighted by Crippen LogP contribution is 2.30. The standard InChI is InChI=1S/C19H16ClN3O5/c20-12-2-4-13(5-3-12)23-17(24)10-14(19(23)26)21-22-18(25)11-1-6-15-16(9-11)28-8-7-27-15/h1-6,9,14,21H,7-8,10H2,(H,22,25). The van der Waals surface area contributed by atoms with E-state index < -0.39 is 17.9 Å². The lowest BCUT2D eigenvalue weighted by atomic mass is 10.2. The van der Waals surface area contributed by atoms with E-state index in [2.05, 4.69) is 10.9 Å². The number of rotatable bonds is 4. The van der Waals surface area contributed by atoms with Gasteiger partial charge < -0.3 is 9.47 Å². The third-order valence-electron chi connectivity index (χ3n) is 4.40. The normalized spacial score (nSPS) is 18.3. The first kappa shape index (κ1) is 18.3. The maximum Gasteiger partial charge on any atom is 0.265 e.